The van der Waals surface area contributed by atoms with Gasteiger partial charge in [-0.15, -0.1) is 0 Å². The third-order valence-electron chi connectivity index (χ3n) is 7.99. The van der Waals surface area contributed by atoms with Crippen LogP contribution in [0.3, 0.4) is 0 Å². The minimum Gasteiger partial charge on any atom is -0.463 e. The summed E-state index contributed by atoms with van der Waals surface area (Å²) in [6, 6.07) is 13.7. The van der Waals surface area contributed by atoms with Crippen LogP contribution in [0.25, 0.3) is 0 Å². The molecule has 12 nitrogen and oxygen atoms in total. The van der Waals surface area contributed by atoms with Gasteiger partial charge in [0.1, 0.15) is 22.7 Å². The van der Waals surface area contributed by atoms with Gasteiger partial charge < -0.3 is 28.4 Å². The van der Waals surface area contributed by atoms with Crippen LogP contribution in [0.1, 0.15) is 84.8 Å². The second-order valence-corrected chi connectivity index (χ2v) is 14.4. The van der Waals surface area contributed by atoms with Crippen LogP contribution >= 0.6 is 0 Å². The van der Waals surface area contributed by atoms with Crippen molar-refractivity contribution in [2.24, 2.45) is 4.99 Å². The van der Waals surface area contributed by atoms with Crippen LogP contribution in [-0.2, 0) is 41.4 Å². The molecule has 1 fully saturated rings. The van der Waals surface area contributed by atoms with Crippen LogP contribution in [0.2, 0.25) is 0 Å². The molecular weight excluding hydrogens is 644 g/mol. The highest BCUT2D eigenvalue weighted by Crippen LogP contribution is 2.31. The van der Waals surface area contributed by atoms with Gasteiger partial charge in [0.25, 0.3) is 5.54 Å². The molecule has 2 bridgehead atoms. The third-order valence-corrected chi connectivity index (χ3v) is 7.99. The molecule has 2 aromatic rings. The number of rotatable bonds is 10. The van der Waals surface area contributed by atoms with Gasteiger partial charge in [-0.2, -0.15) is 0 Å². The maximum atomic E-state index is 14.1. The molecule has 0 aliphatic carbocycles. The number of aliphatic imine (C=N–C) groups is 1. The van der Waals surface area contributed by atoms with Crippen LogP contribution in [0.15, 0.2) is 53.5 Å². The van der Waals surface area contributed by atoms with Crippen molar-refractivity contribution >= 4 is 30.0 Å². The lowest BCUT2D eigenvalue weighted by atomic mass is 9.85. The summed E-state index contributed by atoms with van der Waals surface area (Å²) in [5, 5.41) is 0. The molecule has 1 atom stereocenters. The number of nitrogens with zero attached hydrogens (tertiary/aromatic N) is 2. The average Bonchev–Trinajstić information content (AvgIpc) is 3.22. The lowest BCUT2D eigenvalue weighted by Crippen LogP contribution is -2.66. The SMILES string of the molecule is CC(C)(C)OC(=O)Oc1ccc(CCOC(=O)C2(C(=O)OCCc3ccc(OC(=O)OC(C)(C)C)cc3)C3=NCCCN2CCCCC3)cc1. The number of carbonyl (C=O) groups is 4. The van der Waals surface area contributed by atoms with Crippen molar-refractivity contribution in [3.63, 3.8) is 0 Å². The second-order valence-electron chi connectivity index (χ2n) is 14.4. The maximum absolute atomic E-state index is 14.1. The molecule has 4 rings (SSSR count). The molecule has 1 unspecified atom stereocenters. The normalized spacial score (nSPS) is 17.5. The van der Waals surface area contributed by atoms with Crippen LogP contribution in [0.5, 0.6) is 11.5 Å². The van der Waals surface area contributed by atoms with E-state index in [1.807, 2.05) is 4.90 Å². The summed E-state index contributed by atoms with van der Waals surface area (Å²) in [6.45, 7) is 12.2. The zero-order chi connectivity index (χ0) is 36.4. The zero-order valence-corrected chi connectivity index (χ0v) is 30.1. The van der Waals surface area contributed by atoms with E-state index < -0.39 is 41.0 Å². The number of carbonyl (C=O) groups excluding carboxylic acids is 4. The van der Waals surface area contributed by atoms with Crippen LogP contribution in [0, 0.1) is 0 Å². The van der Waals surface area contributed by atoms with Gasteiger partial charge in [-0.25, -0.2) is 19.2 Å². The van der Waals surface area contributed by atoms with Crippen molar-refractivity contribution in [1.82, 2.24) is 4.90 Å². The Hall–Kier alpha value is -4.45. The largest absolute Gasteiger partial charge is 0.514 e. The van der Waals surface area contributed by atoms with E-state index >= 15 is 0 Å². The standard InChI is InChI=1S/C38H50N2O10/c1-36(2,3)49-34(43)47-29-16-12-27(13-17-29)20-25-45-32(41)38(31-11-8-7-9-23-40(38)24-10-22-39-31)33(42)46-26-21-28-14-18-30(19-15-28)48-35(44)50-37(4,5)6/h12-19H,7-11,20-26H2,1-6H3. The lowest BCUT2D eigenvalue weighted by molar-refractivity contribution is -0.169. The van der Waals surface area contributed by atoms with Crippen molar-refractivity contribution in [2.75, 3.05) is 32.8 Å². The van der Waals surface area contributed by atoms with Crippen molar-refractivity contribution in [2.45, 2.75) is 103 Å². The van der Waals surface area contributed by atoms with Gasteiger partial charge in [0.2, 0.25) is 0 Å². The van der Waals surface area contributed by atoms with E-state index in [2.05, 4.69) is 0 Å². The smallest absolute Gasteiger partial charge is 0.463 e. The Kier molecular flexibility index (Phi) is 13.0. The van der Waals surface area contributed by atoms with E-state index in [9.17, 15) is 19.2 Å². The van der Waals surface area contributed by atoms with E-state index in [1.165, 1.54) is 0 Å². The van der Waals surface area contributed by atoms with Gasteiger partial charge in [-0.1, -0.05) is 30.7 Å². The van der Waals surface area contributed by atoms with Gasteiger partial charge in [0, 0.05) is 32.5 Å². The highest BCUT2D eigenvalue weighted by atomic mass is 16.7. The Morgan fingerprint density at radius 2 is 1.12 bits per heavy atom. The van der Waals surface area contributed by atoms with Crippen molar-refractivity contribution in [3.05, 3.63) is 59.7 Å². The molecule has 0 N–H and O–H groups in total. The number of hydrogen-bond donors (Lipinski definition) is 0. The summed E-state index contributed by atoms with van der Waals surface area (Å²) in [7, 11) is 0. The molecule has 2 aliphatic heterocycles. The van der Waals surface area contributed by atoms with Crippen LogP contribution in [-0.4, -0.2) is 84.4 Å². The number of hydrogen-bond acceptors (Lipinski definition) is 12. The Morgan fingerprint density at radius 1 is 0.660 bits per heavy atom. The molecule has 0 aromatic heterocycles. The van der Waals surface area contributed by atoms with Gasteiger partial charge in [0.15, 0.2) is 0 Å². The molecule has 0 saturated carbocycles. The molecule has 0 radical (unpaired) electrons. The zero-order valence-electron chi connectivity index (χ0n) is 30.1. The molecule has 2 heterocycles. The highest BCUT2D eigenvalue weighted by Gasteiger charge is 2.58. The molecule has 50 heavy (non-hydrogen) atoms. The summed E-state index contributed by atoms with van der Waals surface area (Å²) < 4.78 is 32.6. The van der Waals surface area contributed by atoms with Crippen molar-refractivity contribution < 1.29 is 47.6 Å². The first-order chi connectivity index (χ1) is 23.7. The molecule has 1 saturated heterocycles. The number of esters is 2. The van der Waals surface area contributed by atoms with E-state index in [1.54, 1.807) is 90.1 Å². The summed E-state index contributed by atoms with van der Waals surface area (Å²) >= 11 is 0. The number of fused-ring (bicyclic) bond motifs is 2. The van der Waals surface area contributed by atoms with Crippen molar-refractivity contribution in [1.29, 1.82) is 0 Å². The average molecular weight is 695 g/mol. The molecule has 12 heteroatoms. The number of ether oxygens (including phenoxy) is 6. The minimum atomic E-state index is -1.76. The van der Waals surface area contributed by atoms with Gasteiger partial charge in [0.05, 0.1) is 18.9 Å². The minimum absolute atomic E-state index is 0.0268. The summed E-state index contributed by atoms with van der Waals surface area (Å²) in [5.41, 5.74) is -0.907. The van der Waals surface area contributed by atoms with Crippen LogP contribution < -0.4 is 9.47 Å². The second kappa shape index (κ2) is 17.0. The quantitative estimate of drug-likeness (QED) is 0.114. The fourth-order valence-corrected chi connectivity index (χ4v) is 5.74. The predicted molar refractivity (Wildman–Crippen MR) is 186 cm³/mol. The summed E-state index contributed by atoms with van der Waals surface area (Å²) in [6.07, 6.45) is 3.00. The first-order valence-electron chi connectivity index (χ1n) is 17.3. The van der Waals surface area contributed by atoms with Crippen LogP contribution in [0.4, 0.5) is 9.59 Å². The van der Waals surface area contributed by atoms with E-state index in [4.69, 9.17) is 33.4 Å². The Balaban J connectivity index is 1.41. The van der Waals surface area contributed by atoms with E-state index in [-0.39, 0.29) is 13.2 Å². The summed E-state index contributed by atoms with van der Waals surface area (Å²) in [5.74, 6) is -0.704. The fourth-order valence-electron chi connectivity index (χ4n) is 5.74. The van der Waals surface area contributed by atoms with Gasteiger partial charge >= 0.3 is 24.2 Å². The molecule has 0 amide bonds. The third kappa shape index (κ3) is 11.0. The maximum Gasteiger partial charge on any atom is 0.514 e. The first kappa shape index (κ1) is 38.4. The Labute approximate surface area is 294 Å². The summed E-state index contributed by atoms with van der Waals surface area (Å²) in [4.78, 5) is 58.9. The lowest BCUT2D eigenvalue weighted by Gasteiger charge is -2.40. The molecule has 2 aromatic carbocycles. The van der Waals surface area contributed by atoms with Gasteiger partial charge in [-0.3, -0.25) is 9.89 Å². The molecule has 272 valence electrons. The highest BCUT2D eigenvalue weighted by molar-refractivity contribution is 6.27. The van der Waals surface area contributed by atoms with Crippen molar-refractivity contribution in [3.8, 4) is 11.5 Å². The van der Waals surface area contributed by atoms with Gasteiger partial charge in [-0.05, 0) is 103 Å². The van der Waals surface area contributed by atoms with E-state index in [0.717, 1.165) is 30.4 Å². The molecule has 0 spiro atoms. The monoisotopic (exact) mass is 694 g/mol. The fraction of sp³-hybridized carbons (Fsp3) is 0.553. The predicted octanol–water partition coefficient (Wildman–Crippen LogP) is 6.65. The first-order valence-corrected chi connectivity index (χ1v) is 17.3. The Morgan fingerprint density at radius 3 is 1.58 bits per heavy atom. The number of benzene rings is 2. The molecular formula is C38H50N2O10. The van der Waals surface area contributed by atoms with E-state index in [0.29, 0.717) is 62.5 Å². The molecule has 2 aliphatic rings. The topological polar surface area (TPSA) is 139 Å². The Bertz CT molecular complexity index is 1410.